The molecule has 6 rings (SSSR count). The minimum absolute atomic E-state index is 0.0172. The summed E-state index contributed by atoms with van der Waals surface area (Å²) >= 11 is 6.26. The summed E-state index contributed by atoms with van der Waals surface area (Å²) < 4.78 is 43.2. The van der Waals surface area contributed by atoms with Crippen LogP contribution in [0.5, 0.6) is 0 Å². The van der Waals surface area contributed by atoms with Crippen molar-refractivity contribution >= 4 is 49.8 Å². The molecule has 8 nitrogen and oxygen atoms in total. The Bertz CT molecular complexity index is 1800. The number of piperazine rings is 2. The minimum atomic E-state index is -3.90. The molecule has 0 aliphatic carbocycles. The number of halogens is 2. The van der Waals surface area contributed by atoms with Crippen LogP contribution in [0.1, 0.15) is 11.1 Å². The van der Waals surface area contributed by atoms with Gasteiger partial charge in [-0.15, -0.1) is 0 Å². The van der Waals surface area contributed by atoms with Crippen LogP contribution < -0.4 is 9.80 Å². The third-order valence-electron chi connectivity index (χ3n) is 8.41. The molecule has 1 atom stereocenters. The van der Waals surface area contributed by atoms with Gasteiger partial charge in [0.05, 0.1) is 10.4 Å². The zero-order valence-electron chi connectivity index (χ0n) is 24.1. The van der Waals surface area contributed by atoms with Crippen molar-refractivity contribution in [1.82, 2.24) is 14.2 Å². The van der Waals surface area contributed by atoms with E-state index in [2.05, 4.69) is 9.88 Å². The van der Waals surface area contributed by atoms with E-state index in [4.69, 9.17) is 11.6 Å². The molecular weight excluding hydrogens is 589 g/mol. The van der Waals surface area contributed by atoms with Crippen LogP contribution in [0.3, 0.4) is 0 Å². The fourth-order valence-electron chi connectivity index (χ4n) is 6.08. The number of carbonyl (C=O) groups is 1. The molecule has 4 aromatic rings. The van der Waals surface area contributed by atoms with E-state index in [1.54, 1.807) is 43.5 Å². The van der Waals surface area contributed by atoms with Crippen molar-refractivity contribution in [3.05, 3.63) is 94.9 Å². The SMILES string of the molecule is Cc1ccc(Cl)cc1N1CCN(C(=O)C2CN(S(=O)(=O)c3ccc4ncccc4c3)CCN2c2ccc(F)cc2C)CC1. The number of anilines is 2. The summed E-state index contributed by atoms with van der Waals surface area (Å²) in [6.07, 6.45) is 1.67. The molecule has 2 saturated heterocycles. The van der Waals surface area contributed by atoms with E-state index in [0.717, 1.165) is 22.3 Å². The third kappa shape index (κ3) is 5.79. The number of aromatic nitrogens is 1. The minimum Gasteiger partial charge on any atom is -0.368 e. The average molecular weight is 622 g/mol. The molecule has 3 heterocycles. The summed E-state index contributed by atoms with van der Waals surface area (Å²) in [5.74, 6) is -0.502. The van der Waals surface area contributed by atoms with Gasteiger partial charge in [-0.3, -0.25) is 9.78 Å². The number of sulfonamides is 1. The first kappa shape index (κ1) is 29.3. The molecule has 224 valence electrons. The number of carbonyl (C=O) groups excluding carboxylic acids is 1. The smallest absolute Gasteiger partial charge is 0.246 e. The lowest BCUT2D eigenvalue weighted by molar-refractivity contribution is -0.133. The fourth-order valence-corrected chi connectivity index (χ4v) is 7.72. The van der Waals surface area contributed by atoms with Gasteiger partial charge in [0.15, 0.2) is 0 Å². The van der Waals surface area contributed by atoms with Gasteiger partial charge in [0, 0.05) is 73.8 Å². The molecule has 11 heteroatoms. The normalized spacial score (nSPS) is 18.3. The molecule has 0 radical (unpaired) electrons. The van der Waals surface area contributed by atoms with Crippen molar-refractivity contribution in [3.63, 3.8) is 0 Å². The van der Waals surface area contributed by atoms with Crippen LogP contribution in [0.2, 0.25) is 5.02 Å². The molecule has 2 fully saturated rings. The first-order valence-corrected chi connectivity index (χ1v) is 16.1. The molecule has 0 N–H and O–H groups in total. The van der Waals surface area contributed by atoms with Gasteiger partial charge in [-0.05, 0) is 79.6 Å². The van der Waals surface area contributed by atoms with Gasteiger partial charge in [0.1, 0.15) is 11.9 Å². The van der Waals surface area contributed by atoms with Gasteiger partial charge >= 0.3 is 0 Å². The summed E-state index contributed by atoms with van der Waals surface area (Å²) in [6, 6.07) is 18.0. The van der Waals surface area contributed by atoms with Gasteiger partial charge in [-0.2, -0.15) is 4.31 Å². The predicted octanol–water partition coefficient (Wildman–Crippen LogP) is 4.87. The van der Waals surface area contributed by atoms with Crippen LogP contribution in [0.15, 0.2) is 77.8 Å². The van der Waals surface area contributed by atoms with Gasteiger partial charge in [-0.1, -0.05) is 23.7 Å². The Morgan fingerprint density at radius 3 is 2.44 bits per heavy atom. The summed E-state index contributed by atoms with van der Waals surface area (Å²) in [4.78, 5) is 24.6. The van der Waals surface area contributed by atoms with Crippen LogP contribution in [-0.2, 0) is 14.8 Å². The maximum atomic E-state index is 14.2. The number of rotatable bonds is 5. The van der Waals surface area contributed by atoms with Crippen LogP contribution in [0.25, 0.3) is 10.9 Å². The Kier molecular flexibility index (Phi) is 8.02. The number of aryl methyl sites for hydroxylation is 2. The van der Waals surface area contributed by atoms with Crippen molar-refractivity contribution in [2.24, 2.45) is 0 Å². The van der Waals surface area contributed by atoms with Gasteiger partial charge in [-0.25, -0.2) is 12.8 Å². The van der Waals surface area contributed by atoms with Gasteiger partial charge in [0.25, 0.3) is 0 Å². The van der Waals surface area contributed by atoms with Crippen molar-refractivity contribution in [1.29, 1.82) is 0 Å². The number of nitrogens with zero attached hydrogens (tertiary/aromatic N) is 5. The second-order valence-corrected chi connectivity index (χ2v) is 13.5. The van der Waals surface area contributed by atoms with Gasteiger partial charge in [0.2, 0.25) is 15.9 Å². The Morgan fingerprint density at radius 2 is 1.67 bits per heavy atom. The Hall–Kier alpha value is -3.73. The summed E-state index contributed by atoms with van der Waals surface area (Å²) in [7, 11) is -3.90. The van der Waals surface area contributed by atoms with Crippen LogP contribution in [-0.4, -0.2) is 80.4 Å². The fraction of sp³-hybridized carbons (Fsp3) is 0.312. The van der Waals surface area contributed by atoms with Crippen LogP contribution in [0, 0.1) is 19.7 Å². The van der Waals surface area contributed by atoms with E-state index in [0.29, 0.717) is 48.8 Å². The lowest BCUT2D eigenvalue weighted by atomic mass is 10.1. The molecular formula is C32H33ClFN5O3S. The predicted molar refractivity (Wildman–Crippen MR) is 168 cm³/mol. The topological polar surface area (TPSA) is 77.1 Å². The van der Waals surface area contributed by atoms with Gasteiger partial charge < -0.3 is 14.7 Å². The Morgan fingerprint density at radius 1 is 0.884 bits per heavy atom. The lowest BCUT2D eigenvalue weighted by Crippen LogP contribution is -2.62. The number of amides is 1. The first-order valence-electron chi connectivity index (χ1n) is 14.3. The van der Waals surface area contributed by atoms with E-state index < -0.39 is 16.1 Å². The largest absolute Gasteiger partial charge is 0.368 e. The maximum absolute atomic E-state index is 14.2. The van der Waals surface area contributed by atoms with Crippen molar-refractivity contribution in [2.45, 2.75) is 24.8 Å². The lowest BCUT2D eigenvalue weighted by Gasteiger charge is -2.45. The molecule has 3 aromatic carbocycles. The highest BCUT2D eigenvalue weighted by molar-refractivity contribution is 7.89. The molecule has 1 aromatic heterocycles. The highest BCUT2D eigenvalue weighted by Crippen LogP contribution is 2.30. The van der Waals surface area contributed by atoms with Crippen molar-refractivity contribution in [2.75, 3.05) is 55.6 Å². The van der Waals surface area contributed by atoms with E-state index >= 15 is 0 Å². The highest BCUT2D eigenvalue weighted by atomic mass is 35.5. The third-order valence-corrected chi connectivity index (χ3v) is 10.5. The molecule has 0 saturated carbocycles. The molecule has 0 spiro atoms. The molecule has 2 aliphatic heterocycles. The molecule has 1 unspecified atom stereocenters. The molecule has 43 heavy (non-hydrogen) atoms. The average Bonchev–Trinajstić information content (AvgIpc) is 3.01. The summed E-state index contributed by atoms with van der Waals surface area (Å²) in [5.41, 5.74) is 4.28. The number of pyridine rings is 1. The molecule has 2 aliphatic rings. The zero-order chi connectivity index (χ0) is 30.3. The monoisotopic (exact) mass is 621 g/mol. The summed E-state index contributed by atoms with van der Waals surface area (Å²) in [5, 5.41) is 1.39. The second kappa shape index (κ2) is 11.7. The van der Waals surface area contributed by atoms with Crippen LogP contribution in [0.4, 0.5) is 15.8 Å². The Labute approximate surface area is 256 Å². The van der Waals surface area contributed by atoms with Crippen molar-refractivity contribution < 1.29 is 17.6 Å². The zero-order valence-corrected chi connectivity index (χ0v) is 25.7. The number of hydrogen-bond donors (Lipinski definition) is 0. The Balaban J connectivity index is 1.27. The van der Waals surface area contributed by atoms with Crippen LogP contribution >= 0.6 is 11.6 Å². The summed E-state index contributed by atoms with van der Waals surface area (Å²) in [6.45, 7) is 6.54. The first-order chi connectivity index (χ1) is 20.6. The second-order valence-electron chi connectivity index (χ2n) is 11.1. The van der Waals surface area contributed by atoms with E-state index in [9.17, 15) is 17.6 Å². The highest BCUT2D eigenvalue weighted by Gasteiger charge is 2.40. The van der Waals surface area contributed by atoms with Crippen molar-refractivity contribution in [3.8, 4) is 0 Å². The number of hydrogen-bond acceptors (Lipinski definition) is 6. The van der Waals surface area contributed by atoms with E-state index in [1.165, 1.54) is 16.4 Å². The number of fused-ring (bicyclic) bond motifs is 1. The maximum Gasteiger partial charge on any atom is 0.246 e. The molecule has 0 bridgehead atoms. The van der Waals surface area contributed by atoms with E-state index in [1.807, 2.05) is 41.0 Å². The number of benzene rings is 3. The standard InChI is InChI=1S/C32H33ClFN5O3S/c1-22-5-6-25(33)20-30(22)36-12-14-37(15-13-36)32(40)31-21-38(16-17-39(31)29-10-7-26(34)18-23(29)2)43(41,42)27-8-9-28-24(19-27)4-3-11-35-28/h3-11,18-20,31H,12-17,21H2,1-2H3. The molecule has 1 amide bonds. The quantitative estimate of drug-likeness (QED) is 0.316. The van der Waals surface area contributed by atoms with E-state index in [-0.39, 0.29) is 29.7 Å².